The molecule has 0 amide bonds. The maximum absolute atomic E-state index is 12.5. The van der Waals surface area contributed by atoms with Crippen LogP contribution in [0.4, 0.5) is 0 Å². The van der Waals surface area contributed by atoms with Crippen LogP contribution in [0.3, 0.4) is 0 Å². The zero-order valence-electron chi connectivity index (χ0n) is 11.3. The first-order valence-corrected chi connectivity index (χ1v) is 6.32. The summed E-state index contributed by atoms with van der Waals surface area (Å²) in [4.78, 5) is 12.5. The maximum Gasteiger partial charge on any atom is 0.235 e. The molecular weight excluding hydrogens is 270 g/mol. The minimum atomic E-state index is -0.321. The third-order valence-corrected chi connectivity index (χ3v) is 3.03. The number of rotatable bonds is 3. The highest BCUT2D eigenvalue weighted by molar-refractivity contribution is 5.81. The summed E-state index contributed by atoms with van der Waals surface area (Å²) in [6.45, 7) is 1.67. The van der Waals surface area contributed by atoms with E-state index in [1.807, 2.05) is 19.1 Å². The summed E-state index contributed by atoms with van der Waals surface area (Å²) in [5.74, 6) is 0.560. The van der Waals surface area contributed by atoms with Crippen LogP contribution in [-0.2, 0) is 0 Å². The number of furan rings is 1. The van der Waals surface area contributed by atoms with Crippen molar-refractivity contribution < 1.29 is 13.6 Å². The normalized spacial score (nSPS) is 10.5. The molecule has 104 valence electrons. The Balaban J connectivity index is 2.32. The molecule has 0 bridgehead atoms. The number of hydrogen-bond donors (Lipinski definition) is 0. The van der Waals surface area contributed by atoms with Crippen LogP contribution in [-0.4, -0.2) is 6.61 Å². The van der Waals surface area contributed by atoms with E-state index in [4.69, 9.17) is 18.8 Å². The Bertz CT molecular complexity index is 885. The Morgan fingerprint density at radius 2 is 2.19 bits per heavy atom. The van der Waals surface area contributed by atoms with E-state index in [9.17, 15) is 4.79 Å². The van der Waals surface area contributed by atoms with Crippen molar-refractivity contribution in [1.82, 2.24) is 0 Å². The molecule has 0 atom stereocenters. The average Bonchev–Trinajstić information content (AvgIpc) is 3.00. The first-order chi connectivity index (χ1) is 10.2. The molecule has 0 spiro atoms. The van der Waals surface area contributed by atoms with Crippen LogP contribution >= 0.6 is 0 Å². The number of benzene rings is 1. The second kappa shape index (κ2) is 5.17. The summed E-state index contributed by atoms with van der Waals surface area (Å²) in [6, 6.07) is 10.5. The zero-order valence-corrected chi connectivity index (χ0v) is 11.3. The lowest BCUT2D eigenvalue weighted by Crippen LogP contribution is -2.10. The van der Waals surface area contributed by atoms with Gasteiger partial charge < -0.3 is 13.6 Å². The van der Waals surface area contributed by atoms with Crippen molar-refractivity contribution in [2.24, 2.45) is 0 Å². The lowest BCUT2D eigenvalue weighted by Gasteiger charge is -2.08. The van der Waals surface area contributed by atoms with Crippen LogP contribution in [0.2, 0.25) is 0 Å². The zero-order chi connectivity index (χ0) is 14.8. The van der Waals surface area contributed by atoms with Crippen molar-refractivity contribution >= 4 is 11.0 Å². The van der Waals surface area contributed by atoms with Crippen molar-refractivity contribution in [2.75, 3.05) is 6.61 Å². The fraction of sp³-hybridized carbons (Fsp3) is 0.125. The van der Waals surface area contributed by atoms with E-state index in [2.05, 4.69) is 0 Å². The molecule has 0 fully saturated rings. The number of nitrogens with zero attached hydrogens (tertiary/aromatic N) is 1. The molecule has 0 aliphatic heterocycles. The van der Waals surface area contributed by atoms with E-state index in [-0.39, 0.29) is 23.5 Å². The third kappa shape index (κ3) is 2.28. The predicted molar refractivity (Wildman–Crippen MR) is 76.0 cm³/mol. The highest BCUT2D eigenvalue weighted by Crippen LogP contribution is 2.31. The quantitative estimate of drug-likeness (QED) is 0.736. The van der Waals surface area contributed by atoms with Crippen LogP contribution in [0.25, 0.3) is 22.5 Å². The molecule has 0 N–H and O–H groups in total. The molecule has 0 saturated heterocycles. The van der Waals surface area contributed by atoms with Crippen LogP contribution in [0.1, 0.15) is 5.56 Å². The van der Waals surface area contributed by atoms with Gasteiger partial charge in [-0.2, -0.15) is 5.26 Å². The van der Waals surface area contributed by atoms with Gasteiger partial charge in [0.15, 0.2) is 12.4 Å². The molecule has 5 nitrogen and oxygen atoms in total. The fourth-order valence-electron chi connectivity index (χ4n) is 2.09. The van der Waals surface area contributed by atoms with Crippen LogP contribution in [0.5, 0.6) is 5.75 Å². The Morgan fingerprint density at radius 1 is 1.33 bits per heavy atom. The second-order valence-electron chi connectivity index (χ2n) is 4.51. The van der Waals surface area contributed by atoms with Gasteiger partial charge in [-0.25, -0.2) is 0 Å². The summed E-state index contributed by atoms with van der Waals surface area (Å²) in [6.07, 6.45) is 1.48. The van der Waals surface area contributed by atoms with Crippen LogP contribution in [0, 0.1) is 18.3 Å². The van der Waals surface area contributed by atoms with Crippen molar-refractivity contribution in [1.29, 1.82) is 5.26 Å². The summed E-state index contributed by atoms with van der Waals surface area (Å²) in [7, 11) is 0. The maximum atomic E-state index is 12.5. The van der Waals surface area contributed by atoms with Gasteiger partial charge in [0.1, 0.15) is 11.7 Å². The topological polar surface area (TPSA) is 76.4 Å². The molecule has 2 heterocycles. The van der Waals surface area contributed by atoms with Gasteiger partial charge in [0.05, 0.1) is 11.6 Å². The van der Waals surface area contributed by atoms with Crippen molar-refractivity contribution in [3.8, 4) is 23.3 Å². The molecule has 2 aromatic heterocycles. The van der Waals surface area contributed by atoms with Gasteiger partial charge >= 0.3 is 0 Å². The van der Waals surface area contributed by atoms with Gasteiger partial charge in [0, 0.05) is 0 Å². The minimum absolute atomic E-state index is 0.0112. The number of nitriles is 1. The highest BCUT2D eigenvalue weighted by atomic mass is 16.5. The molecule has 0 unspecified atom stereocenters. The number of ether oxygens (including phenoxy) is 1. The molecule has 0 radical (unpaired) electrons. The van der Waals surface area contributed by atoms with Crippen molar-refractivity contribution in [2.45, 2.75) is 6.92 Å². The van der Waals surface area contributed by atoms with Gasteiger partial charge in [0.25, 0.3) is 0 Å². The Morgan fingerprint density at radius 3 is 2.90 bits per heavy atom. The number of fused-ring (bicyclic) bond motifs is 1. The van der Waals surface area contributed by atoms with E-state index < -0.39 is 0 Å². The predicted octanol–water partition coefficient (Wildman–Crippen LogP) is 3.26. The molecule has 21 heavy (non-hydrogen) atoms. The van der Waals surface area contributed by atoms with Gasteiger partial charge in [0.2, 0.25) is 16.9 Å². The van der Waals surface area contributed by atoms with Gasteiger partial charge in [-0.05, 0) is 36.8 Å². The monoisotopic (exact) mass is 281 g/mol. The van der Waals surface area contributed by atoms with E-state index in [0.29, 0.717) is 16.7 Å². The highest BCUT2D eigenvalue weighted by Gasteiger charge is 2.19. The summed E-state index contributed by atoms with van der Waals surface area (Å²) >= 11 is 0. The van der Waals surface area contributed by atoms with E-state index in [1.165, 1.54) is 6.26 Å². The van der Waals surface area contributed by atoms with Gasteiger partial charge in [-0.3, -0.25) is 4.79 Å². The van der Waals surface area contributed by atoms with Crippen LogP contribution in [0.15, 0.2) is 50.2 Å². The van der Waals surface area contributed by atoms with Crippen molar-refractivity contribution in [3.05, 3.63) is 52.4 Å². The number of hydrogen-bond acceptors (Lipinski definition) is 5. The van der Waals surface area contributed by atoms with Crippen molar-refractivity contribution in [3.63, 3.8) is 0 Å². The molecule has 0 aliphatic rings. The molecule has 3 rings (SSSR count). The van der Waals surface area contributed by atoms with E-state index in [1.54, 1.807) is 24.3 Å². The minimum Gasteiger partial charge on any atom is -0.471 e. The Kier molecular flexibility index (Phi) is 3.20. The molecule has 0 aliphatic carbocycles. The second-order valence-corrected chi connectivity index (χ2v) is 4.51. The summed E-state index contributed by atoms with van der Waals surface area (Å²) < 4.78 is 16.3. The Hall–Kier alpha value is -3.00. The summed E-state index contributed by atoms with van der Waals surface area (Å²) in [5, 5.41) is 9.06. The lowest BCUT2D eigenvalue weighted by molar-refractivity contribution is 0.353. The largest absolute Gasteiger partial charge is 0.471 e. The average molecular weight is 281 g/mol. The molecular formula is C16H11NO4. The first kappa shape index (κ1) is 13.0. The first-order valence-electron chi connectivity index (χ1n) is 6.32. The fourth-order valence-corrected chi connectivity index (χ4v) is 2.09. The lowest BCUT2D eigenvalue weighted by atomic mass is 10.1. The summed E-state index contributed by atoms with van der Waals surface area (Å²) in [5.41, 5.74) is 1.11. The smallest absolute Gasteiger partial charge is 0.235 e. The van der Waals surface area contributed by atoms with Gasteiger partial charge in [-0.15, -0.1) is 0 Å². The SMILES string of the molecule is Cc1ccc2c(=O)c(OCC#N)c(-c3ccco3)oc2c1. The molecule has 5 heteroatoms. The van der Waals surface area contributed by atoms with E-state index in [0.717, 1.165) is 5.56 Å². The molecule has 1 aromatic carbocycles. The third-order valence-electron chi connectivity index (χ3n) is 3.03. The number of aryl methyl sites for hydroxylation is 1. The standard InChI is InChI=1S/C16H11NO4/c1-10-4-5-11-13(9-10)21-15(12-3-2-7-19-12)16(14(11)18)20-8-6-17/h2-5,7,9H,8H2,1H3. The van der Waals surface area contributed by atoms with E-state index >= 15 is 0 Å². The molecule has 3 aromatic rings. The van der Waals surface area contributed by atoms with Gasteiger partial charge in [-0.1, -0.05) is 6.07 Å². The Labute approximate surface area is 120 Å². The van der Waals surface area contributed by atoms with Crippen LogP contribution < -0.4 is 10.2 Å². The molecule has 0 saturated carbocycles.